The van der Waals surface area contributed by atoms with Crippen molar-refractivity contribution in [3.8, 4) is 0 Å². The van der Waals surface area contributed by atoms with E-state index in [-0.39, 0.29) is 0 Å². The summed E-state index contributed by atoms with van der Waals surface area (Å²) in [5, 5.41) is 4.44. The van der Waals surface area contributed by atoms with Gasteiger partial charge in [-0.1, -0.05) is 0 Å². The maximum atomic E-state index is 5.89. The number of fused-ring (bicyclic) bond motifs is 1. The smallest absolute Gasteiger partial charge is 0.158 e. The van der Waals surface area contributed by atoms with Crippen LogP contribution in [0.4, 0.5) is 0 Å². The van der Waals surface area contributed by atoms with Crippen LogP contribution in [0, 0.1) is 12.8 Å². The highest BCUT2D eigenvalue weighted by molar-refractivity contribution is 6.17. The average molecular weight is 297 g/mol. The summed E-state index contributed by atoms with van der Waals surface area (Å²) in [5.41, 5.74) is 3.02. The summed E-state index contributed by atoms with van der Waals surface area (Å²) in [4.78, 5) is 4.69. The summed E-state index contributed by atoms with van der Waals surface area (Å²) >= 11 is 5.89. The predicted molar refractivity (Wildman–Crippen MR) is 79.2 cm³/mol. The van der Waals surface area contributed by atoms with Gasteiger partial charge in [-0.2, -0.15) is 5.10 Å². The lowest BCUT2D eigenvalue weighted by atomic mass is 10.4. The highest BCUT2D eigenvalue weighted by atomic mass is 35.5. The van der Waals surface area contributed by atoms with E-state index in [0.717, 1.165) is 54.8 Å². The lowest BCUT2D eigenvalue weighted by molar-refractivity contribution is 0.117. The zero-order chi connectivity index (χ0) is 14.1. The Balaban J connectivity index is 1.79. The molecule has 0 unspecified atom stereocenters. The highest BCUT2D eigenvalue weighted by Crippen LogP contribution is 2.28. The SMILES string of the molecule is Cc1nn(C)c2c1nc(CCCl)n2CCOCC1CC1. The number of rotatable bonds is 7. The van der Waals surface area contributed by atoms with Crippen LogP contribution in [-0.4, -0.2) is 38.4 Å². The molecule has 0 spiro atoms. The number of hydrogen-bond acceptors (Lipinski definition) is 3. The summed E-state index contributed by atoms with van der Waals surface area (Å²) in [6.45, 7) is 4.43. The summed E-state index contributed by atoms with van der Waals surface area (Å²) < 4.78 is 9.85. The molecule has 20 heavy (non-hydrogen) atoms. The van der Waals surface area contributed by atoms with E-state index in [9.17, 15) is 0 Å². The van der Waals surface area contributed by atoms with E-state index in [1.165, 1.54) is 12.8 Å². The van der Waals surface area contributed by atoms with Gasteiger partial charge in [-0.3, -0.25) is 4.68 Å². The lowest BCUT2D eigenvalue weighted by Crippen LogP contribution is -2.13. The number of imidazole rings is 1. The van der Waals surface area contributed by atoms with Crippen molar-refractivity contribution in [3.63, 3.8) is 0 Å². The van der Waals surface area contributed by atoms with E-state index >= 15 is 0 Å². The van der Waals surface area contributed by atoms with Crippen molar-refractivity contribution in [2.75, 3.05) is 19.1 Å². The van der Waals surface area contributed by atoms with Crippen LogP contribution in [0.1, 0.15) is 24.4 Å². The van der Waals surface area contributed by atoms with Gasteiger partial charge in [0.25, 0.3) is 0 Å². The van der Waals surface area contributed by atoms with Crippen LogP contribution in [0.25, 0.3) is 11.2 Å². The molecule has 2 heterocycles. The molecule has 0 bridgehead atoms. The molecule has 0 N–H and O–H groups in total. The number of ether oxygens (including phenoxy) is 1. The summed E-state index contributed by atoms with van der Waals surface area (Å²) in [6.07, 6.45) is 3.43. The minimum atomic E-state index is 0.582. The normalized spacial score (nSPS) is 15.3. The van der Waals surface area contributed by atoms with Gasteiger partial charge in [0.2, 0.25) is 0 Å². The minimum Gasteiger partial charge on any atom is -0.379 e. The molecule has 5 nitrogen and oxygen atoms in total. The Morgan fingerprint density at radius 2 is 2.20 bits per heavy atom. The molecule has 1 fully saturated rings. The Kier molecular flexibility index (Phi) is 3.98. The molecule has 1 saturated carbocycles. The number of aromatic nitrogens is 4. The van der Waals surface area contributed by atoms with Crippen LogP contribution in [-0.2, 0) is 24.8 Å². The standard InChI is InChI=1S/C14H21ClN4O/c1-10-13-14(18(2)17-10)19(12(16-13)5-6-15)7-8-20-9-11-3-4-11/h11H,3-9H2,1-2H3. The third kappa shape index (κ3) is 2.69. The van der Waals surface area contributed by atoms with E-state index in [0.29, 0.717) is 5.88 Å². The quantitative estimate of drug-likeness (QED) is 0.582. The number of aryl methyl sites for hydroxylation is 3. The first kappa shape index (κ1) is 13.9. The Labute approximate surface area is 123 Å². The van der Waals surface area contributed by atoms with Crippen molar-refractivity contribution < 1.29 is 4.74 Å². The average Bonchev–Trinajstić information content (AvgIpc) is 3.10. The Morgan fingerprint density at radius 3 is 2.90 bits per heavy atom. The Bertz CT molecular complexity index is 600. The summed E-state index contributed by atoms with van der Waals surface area (Å²) in [5.74, 6) is 2.42. The topological polar surface area (TPSA) is 44.9 Å². The van der Waals surface area contributed by atoms with Crippen molar-refractivity contribution in [1.82, 2.24) is 19.3 Å². The van der Waals surface area contributed by atoms with E-state index in [2.05, 4.69) is 14.6 Å². The molecule has 6 heteroatoms. The van der Waals surface area contributed by atoms with Crippen LogP contribution in [0.5, 0.6) is 0 Å². The van der Waals surface area contributed by atoms with Crippen LogP contribution < -0.4 is 0 Å². The number of hydrogen-bond donors (Lipinski definition) is 0. The fraction of sp³-hybridized carbons (Fsp3) is 0.714. The summed E-state index contributed by atoms with van der Waals surface area (Å²) in [7, 11) is 1.96. The fourth-order valence-corrected chi connectivity index (χ4v) is 2.75. The fourth-order valence-electron chi connectivity index (χ4n) is 2.58. The molecule has 0 radical (unpaired) electrons. The van der Waals surface area contributed by atoms with Gasteiger partial charge in [-0.05, 0) is 25.7 Å². The molecule has 2 aromatic heterocycles. The van der Waals surface area contributed by atoms with Crippen molar-refractivity contribution >= 4 is 22.8 Å². The van der Waals surface area contributed by atoms with Gasteiger partial charge < -0.3 is 9.30 Å². The van der Waals surface area contributed by atoms with Crippen LogP contribution in [0.2, 0.25) is 0 Å². The molecule has 1 aliphatic carbocycles. The second-order valence-electron chi connectivity index (χ2n) is 5.52. The van der Waals surface area contributed by atoms with Crippen molar-refractivity contribution in [2.45, 2.75) is 32.7 Å². The molecule has 2 aromatic rings. The van der Waals surface area contributed by atoms with Gasteiger partial charge in [0.1, 0.15) is 11.3 Å². The number of halogens is 1. The van der Waals surface area contributed by atoms with E-state index in [1.807, 2.05) is 18.7 Å². The maximum absolute atomic E-state index is 5.89. The van der Waals surface area contributed by atoms with Gasteiger partial charge in [-0.15, -0.1) is 11.6 Å². The predicted octanol–water partition coefficient (Wildman–Crippen LogP) is 2.29. The van der Waals surface area contributed by atoms with Gasteiger partial charge in [-0.25, -0.2) is 4.98 Å². The zero-order valence-electron chi connectivity index (χ0n) is 12.1. The molecule has 1 aliphatic rings. The first-order valence-corrected chi connectivity index (χ1v) is 7.76. The van der Waals surface area contributed by atoms with E-state index in [4.69, 9.17) is 16.3 Å². The van der Waals surface area contributed by atoms with Gasteiger partial charge in [0.05, 0.1) is 12.3 Å². The van der Waals surface area contributed by atoms with E-state index < -0.39 is 0 Å². The van der Waals surface area contributed by atoms with Crippen molar-refractivity contribution in [2.24, 2.45) is 13.0 Å². The summed E-state index contributed by atoms with van der Waals surface area (Å²) in [6, 6.07) is 0. The minimum absolute atomic E-state index is 0.582. The van der Waals surface area contributed by atoms with Crippen molar-refractivity contribution in [1.29, 1.82) is 0 Å². The number of nitrogens with zero attached hydrogens (tertiary/aromatic N) is 4. The Hall–Kier alpha value is -1.07. The second-order valence-corrected chi connectivity index (χ2v) is 5.90. The second kappa shape index (κ2) is 5.74. The first-order valence-electron chi connectivity index (χ1n) is 7.23. The van der Waals surface area contributed by atoms with Crippen LogP contribution in [0.3, 0.4) is 0 Å². The monoisotopic (exact) mass is 296 g/mol. The van der Waals surface area contributed by atoms with Gasteiger partial charge in [0.15, 0.2) is 5.65 Å². The largest absolute Gasteiger partial charge is 0.379 e. The Morgan fingerprint density at radius 1 is 1.40 bits per heavy atom. The molecule has 0 aliphatic heterocycles. The molecule has 0 atom stereocenters. The molecular formula is C14H21ClN4O. The zero-order valence-corrected chi connectivity index (χ0v) is 12.9. The number of alkyl halides is 1. The molecular weight excluding hydrogens is 276 g/mol. The molecule has 0 aromatic carbocycles. The maximum Gasteiger partial charge on any atom is 0.158 e. The van der Waals surface area contributed by atoms with Crippen molar-refractivity contribution in [3.05, 3.63) is 11.5 Å². The van der Waals surface area contributed by atoms with Gasteiger partial charge >= 0.3 is 0 Å². The van der Waals surface area contributed by atoms with Gasteiger partial charge in [0, 0.05) is 32.5 Å². The van der Waals surface area contributed by atoms with E-state index in [1.54, 1.807) is 0 Å². The van der Waals surface area contributed by atoms with Crippen LogP contribution in [0.15, 0.2) is 0 Å². The highest BCUT2D eigenvalue weighted by Gasteiger charge is 2.21. The third-order valence-electron chi connectivity index (χ3n) is 3.80. The first-order chi connectivity index (χ1) is 9.70. The lowest BCUT2D eigenvalue weighted by Gasteiger charge is -2.09. The third-order valence-corrected chi connectivity index (χ3v) is 3.99. The molecule has 0 amide bonds. The molecule has 0 saturated heterocycles. The molecule has 110 valence electrons. The van der Waals surface area contributed by atoms with Crippen LogP contribution >= 0.6 is 11.6 Å². The molecule has 3 rings (SSSR count).